The Morgan fingerprint density at radius 3 is 2.93 bits per heavy atom. The van der Waals surface area contributed by atoms with Crippen molar-refractivity contribution in [3.05, 3.63) is 22.9 Å². The molecule has 0 aromatic carbocycles. The Hall–Kier alpha value is -0.610. The normalized spacial score (nSPS) is 10.6. The van der Waals surface area contributed by atoms with Crippen LogP contribution in [0.4, 0.5) is 5.69 Å². The van der Waals surface area contributed by atoms with E-state index in [0.717, 1.165) is 29.8 Å². The molecule has 0 spiro atoms. The van der Waals surface area contributed by atoms with Gasteiger partial charge < -0.3 is 10.2 Å². The summed E-state index contributed by atoms with van der Waals surface area (Å²) in [7, 11) is 2.11. The van der Waals surface area contributed by atoms with E-state index in [9.17, 15) is 0 Å². The fourth-order valence-corrected chi connectivity index (χ4v) is 1.42. The highest BCUT2D eigenvalue weighted by atomic mass is 79.9. The molecule has 1 rings (SSSR count). The fraction of sp³-hybridized carbons (Fsp3) is 0.500. The highest BCUT2D eigenvalue weighted by Crippen LogP contribution is 2.12. The molecule has 0 atom stereocenters. The van der Waals surface area contributed by atoms with Crippen molar-refractivity contribution < 1.29 is 0 Å². The number of aromatic nitrogens is 1. The third-order valence-electron chi connectivity index (χ3n) is 2.07. The van der Waals surface area contributed by atoms with Crippen LogP contribution in [0.25, 0.3) is 0 Å². The predicted molar refractivity (Wildman–Crippen MR) is 63.6 cm³/mol. The van der Waals surface area contributed by atoms with Crippen molar-refractivity contribution in [1.29, 1.82) is 0 Å². The smallest absolute Gasteiger partial charge is 0.0538 e. The Morgan fingerprint density at radius 2 is 2.29 bits per heavy atom. The van der Waals surface area contributed by atoms with Crippen LogP contribution in [0.15, 0.2) is 22.9 Å². The first kappa shape index (κ1) is 11.5. The summed E-state index contributed by atoms with van der Waals surface area (Å²) in [6.45, 7) is 5.23. The minimum Gasteiger partial charge on any atom is -0.382 e. The second-order valence-electron chi connectivity index (χ2n) is 3.21. The van der Waals surface area contributed by atoms with Crippen LogP contribution in [0.2, 0.25) is 0 Å². The molecule has 0 fully saturated rings. The molecule has 78 valence electrons. The third-order valence-corrected chi connectivity index (χ3v) is 2.50. The maximum atomic E-state index is 4.08. The second-order valence-corrected chi connectivity index (χ2v) is 4.13. The maximum absolute atomic E-state index is 4.08. The molecule has 0 saturated carbocycles. The number of hydrogen-bond donors (Lipinski definition) is 1. The van der Waals surface area contributed by atoms with Crippen LogP contribution in [0.1, 0.15) is 6.92 Å². The van der Waals surface area contributed by atoms with Crippen molar-refractivity contribution in [2.24, 2.45) is 0 Å². The first-order valence-electron chi connectivity index (χ1n) is 4.75. The molecule has 0 aliphatic carbocycles. The SMILES string of the molecule is CCN(C)CCNc1cncc(Br)c1. The van der Waals surface area contributed by atoms with E-state index in [1.165, 1.54) is 0 Å². The number of pyridine rings is 1. The van der Waals surface area contributed by atoms with E-state index in [2.05, 4.69) is 45.1 Å². The van der Waals surface area contributed by atoms with Crippen LogP contribution in [-0.4, -0.2) is 36.6 Å². The van der Waals surface area contributed by atoms with Crippen LogP contribution in [0, 0.1) is 0 Å². The summed E-state index contributed by atoms with van der Waals surface area (Å²) >= 11 is 3.38. The number of rotatable bonds is 5. The number of likely N-dealkylation sites (N-methyl/N-ethyl adjacent to an activating group) is 1. The molecular weight excluding hydrogens is 242 g/mol. The van der Waals surface area contributed by atoms with Gasteiger partial charge in [0.05, 0.1) is 11.9 Å². The van der Waals surface area contributed by atoms with Gasteiger partial charge in [-0.05, 0) is 35.6 Å². The van der Waals surface area contributed by atoms with Crippen molar-refractivity contribution in [1.82, 2.24) is 9.88 Å². The van der Waals surface area contributed by atoms with Gasteiger partial charge in [0.1, 0.15) is 0 Å². The van der Waals surface area contributed by atoms with Gasteiger partial charge in [-0.2, -0.15) is 0 Å². The van der Waals surface area contributed by atoms with E-state index in [0.29, 0.717) is 0 Å². The Labute approximate surface area is 93.7 Å². The number of anilines is 1. The van der Waals surface area contributed by atoms with Gasteiger partial charge in [0, 0.05) is 23.8 Å². The highest BCUT2D eigenvalue weighted by molar-refractivity contribution is 9.10. The molecule has 4 heteroatoms. The highest BCUT2D eigenvalue weighted by Gasteiger charge is 1.95. The van der Waals surface area contributed by atoms with Gasteiger partial charge in [-0.3, -0.25) is 4.98 Å². The van der Waals surface area contributed by atoms with Crippen molar-refractivity contribution >= 4 is 21.6 Å². The van der Waals surface area contributed by atoms with Crippen molar-refractivity contribution in [2.75, 3.05) is 32.0 Å². The van der Waals surface area contributed by atoms with E-state index in [1.54, 1.807) is 6.20 Å². The monoisotopic (exact) mass is 257 g/mol. The average molecular weight is 258 g/mol. The lowest BCUT2D eigenvalue weighted by molar-refractivity contribution is 0.367. The van der Waals surface area contributed by atoms with Gasteiger partial charge >= 0.3 is 0 Å². The molecule has 14 heavy (non-hydrogen) atoms. The van der Waals surface area contributed by atoms with Gasteiger partial charge in [-0.25, -0.2) is 0 Å². The summed E-state index contributed by atoms with van der Waals surface area (Å²) in [4.78, 5) is 6.34. The Morgan fingerprint density at radius 1 is 1.50 bits per heavy atom. The molecule has 1 N–H and O–H groups in total. The molecule has 1 aromatic rings. The van der Waals surface area contributed by atoms with Gasteiger partial charge in [-0.1, -0.05) is 6.92 Å². The Balaban J connectivity index is 2.31. The van der Waals surface area contributed by atoms with E-state index < -0.39 is 0 Å². The van der Waals surface area contributed by atoms with Crippen LogP contribution < -0.4 is 5.32 Å². The topological polar surface area (TPSA) is 28.2 Å². The predicted octanol–water partition coefficient (Wildman–Crippen LogP) is 2.21. The zero-order chi connectivity index (χ0) is 10.4. The number of halogens is 1. The first-order valence-corrected chi connectivity index (χ1v) is 5.54. The van der Waals surface area contributed by atoms with Gasteiger partial charge in [-0.15, -0.1) is 0 Å². The van der Waals surface area contributed by atoms with E-state index in [1.807, 2.05) is 12.3 Å². The zero-order valence-electron chi connectivity index (χ0n) is 8.63. The van der Waals surface area contributed by atoms with Crippen molar-refractivity contribution in [3.63, 3.8) is 0 Å². The second kappa shape index (κ2) is 5.98. The summed E-state index contributed by atoms with van der Waals surface area (Å²) in [5.74, 6) is 0. The summed E-state index contributed by atoms with van der Waals surface area (Å²) in [6, 6.07) is 2.03. The molecule has 0 saturated heterocycles. The standard InChI is InChI=1S/C10H16BrN3/c1-3-14(2)5-4-13-10-6-9(11)7-12-8-10/h6-8,13H,3-5H2,1-2H3. The number of hydrogen-bond acceptors (Lipinski definition) is 3. The lowest BCUT2D eigenvalue weighted by Gasteiger charge is -2.14. The zero-order valence-corrected chi connectivity index (χ0v) is 10.2. The Kier molecular flexibility index (Phi) is 4.90. The van der Waals surface area contributed by atoms with Crippen molar-refractivity contribution in [2.45, 2.75) is 6.92 Å². The van der Waals surface area contributed by atoms with E-state index in [-0.39, 0.29) is 0 Å². The lowest BCUT2D eigenvalue weighted by atomic mass is 10.4. The molecule has 0 radical (unpaired) electrons. The first-order chi connectivity index (χ1) is 6.72. The summed E-state index contributed by atoms with van der Waals surface area (Å²) in [5.41, 5.74) is 1.06. The molecule has 1 aromatic heterocycles. The largest absolute Gasteiger partial charge is 0.382 e. The molecule has 0 unspecified atom stereocenters. The van der Waals surface area contributed by atoms with E-state index in [4.69, 9.17) is 0 Å². The molecule has 0 bridgehead atoms. The summed E-state index contributed by atoms with van der Waals surface area (Å²) in [6.07, 6.45) is 3.61. The fourth-order valence-electron chi connectivity index (χ4n) is 1.06. The molecule has 3 nitrogen and oxygen atoms in total. The minimum absolute atomic E-state index is 0.947. The number of nitrogens with zero attached hydrogens (tertiary/aromatic N) is 2. The lowest BCUT2D eigenvalue weighted by Crippen LogP contribution is -2.24. The van der Waals surface area contributed by atoms with Gasteiger partial charge in [0.25, 0.3) is 0 Å². The number of nitrogens with one attached hydrogen (secondary N) is 1. The van der Waals surface area contributed by atoms with Crippen LogP contribution in [0.5, 0.6) is 0 Å². The quantitative estimate of drug-likeness (QED) is 0.877. The van der Waals surface area contributed by atoms with Gasteiger partial charge in [0.15, 0.2) is 0 Å². The van der Waals surface area contributed by atoms with E-state index >= 15 is 0 Å². The summed E-state index contributed by atoms with van der Waals surface area (Å²) < 4.78 is 1.01. The Bertz CT molecular complexity index is 278. The third kappa shape index (κ3) is 4.07. The van der Waals surface area contributed by atoms with Crippen LogP contribution >= 0.6 is 15.9 Å². The molecule has 1 heterocycles. The molecule has 0 aliphatic rings. The molecule has 0 amide bonds. The molecular formula is C10H16BrN3. The minimum atomic E-state index is 0.947. The van der Waals surface area contributed by atoms with Crippen LogP contribution in [-0.2, 0) is 0 Å². The average Bonchev–Trinajstić information content (AvgIpc) is 2.17. The molecule has 0 aliphatic heterocycles. The van der Waals surface area contributed by atoms with Crippen molar-refractivity contribution in [3.8, 4) is 0 Å². The van der Waals surface area contributed by atoms with Crippen LogP contribution in [0.3, 0.4) is 0 Å². The maximum Gasteiger partial charge on any atom is 0.0538 e. The summed E-state index contributed by atoms with van der Waals surface area (Å²) in [5, 5.41) is 3.32. The van der Waals surface area contributed by atoms with Gasteiger partial charge in [0.2, 0.25) is 0 Å².